The highest BCUT2D eigenvalue weighted by molar-refractivity contribution is 5.92. The summed E-state index contributed by atoms with van der Waals surface area (Å²) in [6.45, 7) is 0.603. The number of anilines is 1. The third-order valence-corrected chi connectivity index (χ3v) is 3.02. The minimum absolute atomic E-state index is 0.230. The largest absolute Gasteiger partial charge is 0.454 e. The molecule has 3 rings (SSSR count). The minimum Gasteiger partial charge on any atom is -0.454 e. The fourth-order valence-electron chi connectivity index (χ4n) is 1.97. The Morgan fingerprint density at radius 2 is 2.10 bits per heavy atom. The first kappa shape index (κ1) is 13.2. The van der Waals surface area contributed by atoms with Crippen molar-refractivity contribution in [2.24, 2.45) is 5.84 Å². The first-order valence-corrected chi connectivity index (χ1v) is 6.36. The van der Waals surface area contributed by atoms with Gasteiger partial charge in [-0.05, 0) is 29.8 Å². The minimum atomic E-state index is -0.273. The molecule has 21 heavy (non-hydrogen) atoms. The van der Waals surface area contributed by atoms with E-state index >= 15 is 0 Å². The van der Waals surface area contributed by atoms with Crippen LogP contribution in [0, 0.1) is 0 Å². The molecule has 1 amide bonds. The predicted octanol–water partition coefficient (Wildman–Crippen LogP) is 1.03. The quantitative estimate of drug-likeness (QED) is 0.573. The van der Waals surface area contributed by atoms with E-state index in [0.29, 0.717) is 29.6 Å². The summed E-state index contributed by atoms with van der Waals surface area (Å²) in [5, 5.41) is 2.79. The fourth-order valence-corrected chi connectivity index (χ4v) is 1.97. The standard InChI is InChI=1S/C14H14N4O3/c15-18-13-3-1-2-10(17-13)14(19)16-7-9-4-5-11-12(6-9)21-8-20-11/h1-6H,7-8,15H2,(H,16,19)(H,17,18). The van der Waals surface area contributed by atoms with Crippen LogP contribution in [0.2, 0.25) is 0 Å². The van der Waals surface area contributed by atoms with Crippen LogP contribution in [0.1, 0.15) is 16.1 Å². The Bertz CT molecular complexity index is 675. The topological polar surface area (TPSA) is 98.5 Å². The lowest BCUT2D eigenvalue weighted by molar-refractivity contribution is 0.0946. The summed E-state index contributed by atoms with van der Waals surface area (Å²) >= 11 is 0. The number of ether oxygens (including phenoxy) is 2. The maximum Gasteiger partial charge on any atom is 0.270 e. The molecule has 0 atom stereocenters. The van der Waals surface area contributed by atoms with Gasteiger partial charge in [-0.3, -0.25) is 4.79 Å². The Labute approximate surface area is 121 Å². The van der Waals surface area contributed by atoms with E-state index in [4.69, 9.17) is 15.3 Å². The molecule has 1 aromatic carbocycles. The molecule has 0 fully saturated rings. The van der Waals surface area contributed by atoms with Gasteiger partial charge in [-0.2, -0.15) is 0 Å². The number of amides is 1. The van der Waals surface area contributed by atoms with Crippen LogP contribution in [0.25, 0.3) is 0 Å². The van der Waals surface area contributed by atoms with E-state index in [-0.39, 0.29) is 12.7 Å². The molecule has 0 saturated carbocycles. The van der Waals surface area contributed by atoms with Gasteiger partial charge in [0.05, 0.1) is 0 Å². The Kier molecular flexibility index (Phi) is 3.57. The molecule has 7 heteroatoms. The van der Waals surface area contributed by atoms with Crippen molar-refractivity contribution in [2.45, 2.75) is 6.54 Å². The fraction of sp³-hybridized carbons (Fsp3) is 0.143. The molecule has 0 aliphatic carbocycles. The average molecular weight is 286 g/mol. The van der Waals surface area contributed by atoms with E-state index in [9.17, 15) is 4.79 Å². The van der Waals surface area contributed by atoms with Gasteiger partial charge in [0.1, 0.15) is 11.5 Å². The van der Waals surface area contributed by atoms with Crippen LogP contribution in [0.5, 0.6) is 11.5 Å². The zero-order valence-corrected chi connectivity index (χ0v) is 11.1. The van der Waals surface area contributed by atoms with E-state index in [1.807, 2.05) is 18.2 Å². The normalized spacial score (nSPS) is 12.0. The Balaban J connectivity index is 1.65. The third kappa shape index (κ3) is 2.87. The number of nitrogens with one attached hydrogen (secondary N) is 2. The van der Waals surface area contributed by atoms with Crippen molar-refractivity contribution in [3.05, 3.63) is 47.7 Å². The van der Waals surface area contributed by atoms with Crippen molar-refractivity contribution in [1.29, 1.82) is 0 Å². The molecule has 2 heterocycles. The number of hydrogen-bond donors (Lipinski definition) is 3. The Morgan fingerprint density at radius 1 is 1.24 bits per heavy atom. The highest BCUT2D eigenvalue weighted by atomic mass is 16.7. The van der Waals surface area contributed by atoms with Crippen LogP contribution < -0.4 is 26.1 Å². The molecule has 0 bridgehead atoms. The van der Waals surface area contributed by atoms with Crippen LogP contribution in [-0.2, 0) is 6.54 Å². The van der Waals surface area contributed by atoms with E-state index in [2.05, 4.69) is 15.7 Å². The van der Waals surface area contributed by atoms with Gasteiger partial charge < -0.3 is 20.2 Å². The van der Waals surface area contributed by atoms with Crippen LogP contribution in [0.3, 0.4) is 0 Å². The molecule has 1 aliphatic rings. The first-order valence-electron chi connectivity index (χ1n) is 6.36. The zero-order valence-electron chi connectivity index (χ0n) is 11.1. The van der Waals surface area contributed by atoms with Gasteiger partial charge in [0, 0.05) is 6.54 Å². The molecule has 108 valence electrons. The zero-order chi connectivity index (χ0) is 14.7. The third-order valence-electron chi connectivity index (χ3n) is 3.02. The van der Waals surface area contributed by atoms with Gasteiger partial charge >= 0.3 is 0 Å². The van der Waals surface area contributed by atoms with Crippen molar-refractivity contribution in [3.8, 4) is 11.5 Å². The number of nitrogens with zero attached hydrogens (tertiary/aromatic N) is 1. The molecule has 0 spiro atoms. The predicted molar refractivity (Wildman–Crippen MR) is 75.8 cm³/mol. The molecule has 2 aromatic rings. The van der Waals surface area contributed by atoms with Gasteiger partial charge in [-0.25, -0.2) is 10.8 Å². The summed E-state index contributed by atoms with van der Waals surface area (Å²) in [5.74, 6) is 6.83. The molecule has 1 aromatic heterocycles. The number of nitrogens with two attached hydrogens (primary N) is 1. The van der Waals surface area contributed by atoms with Crippen LogP contribution in [-0.4, -0.2) is 17.7 Å². The average Bonchev–Trinajstić information content (AvgIpc) is 3.00. The number of hydrazine groups is 1. The SMILES string of the molecule is NNc1cccc(C(=O)NCc2ccc3c(c2)OCO3)n1. The van der Waals surface area contributed by atoms with Crippen molar-refractivity contribution in [2.75, 3.05) is 12.2 Å². The lowest BCUT2D eigenvalue weighted by atomic mass is 10.2. The summed E-state index contributed by atoms with van der Waals surface area (Å²) in [7, 11) is 0. The number of rotatable bonds is 4. The molecular weight excluding hydrogens is 272 g/mol. The number of pyridine rings is 1. The number of carbonyl (C=O) groups is 1. The van der Waals surface area contributed by atoms with Gasteiger partial charge in [-0.15, -0.1) is 0 Å². The monoisotopic (exact) mass is 286 g/mol. The number of fused-ring (bicyclic) bond motifs is 1. The maximum atomic E-state index is 12.0. The van der Waals surface area contributed by atoms with E-state index in [1.165, 1.54) is 0 Å². The number of nitrogen functional groups attached to an aromatic ring is 1. The van der Waals surface area contributed by atoms with Gasteiger partial charge in [-0.1, -0.05) is 12.1 Å². The molecule has 0 saturated heterocycles. The summed E-state index contributed by atoms with van der Waals surface area (Å²) < 4.78 is 10.5. The first-order chi connectivity index (χ1) is 10.3. The van der Waals surface area contributed by atoms with Crippen molar-refractivity contribution in [3.63, 3.8) is 0 Å². The van der Waals surface area contributed by atoms with Gasteiger partial charge in [0.25, 0.3) is 5.91 Å². The van der Waals surface area contributed by atoms with E-state index in [0.717, 1.165) is 5.56 Å². The summed E-state index contributed by atoms with van der Waals surface area (Å²) in [6.07, 6.45) is 0. The Morgan fingerprint density at radius 3 is 2.95 bits per heavy atom. The molecule has 7 nitrogen and oxygen atoms in total. The van der Waals surface area contributed by atoms with Gasteiger partial charge in [0.2, 0.25) is 6.79 Å². The lowest BCUT2D eigenvalue weighted by Gasteiger charge is -2.07. The van der Waals surface area contributed by atoms with Crippen LogP contribution in [0.15, 0.2) is 36.4 Å². The summed E-state index contributed by atoms with van der Waals surface area (Å²) in [6, 6.07) is 10.5. The highest BCUT2D eigenvalue weighted by Crippen LogP contribution is 2.32. The summed E-state index contributed by atoms with van der Waals surface area (Å²) in [5.41, 5.74) is 3.62. The molecular formula is C14H14N4O3. The smallest absolute Gasteiger partial charge is 0.270 e. The summed E-state index contributed by atoms with van der Waals surface area (Å²) in [4.78, 5) is 16.1. The number of aromatic nitrogens is 1. The number of hydrogen-bond acceptors (Lipinski definition) is 6. The molecule has 4 N–H and O–H groups in total. The number of benzene rings is 1. The molecule has 0 radical (unpaired) electrons. The van der Waals surface area contributed by atoms with E-state index in [1.54, 1.807) is 18.2 Å². The van der Waals surface area contributed by atoms with Crippen molar-refractivity contribution >= 4 is 11.7 Å². The Hall–Kier alpha value is -2.80. The maximum absolute atomic E-state index is 12.0. The molecule has 0 unspecified atom stereocenters. The molecule has 1 aliphatic heterocycles. The van der Waals surface area contributed by atoms with Crippen molar-refractivity contribution < 1.29 is 14.3 Å². The van der Waals surface area contributed by atoms with Gasteiger partial charge in [0.15, 0.2) is 11.5 Å². The highest BCUT2D eigenvalue weighted by Gasteiger charge is 2.14. The number of carbonyl (C=O) groups excluding carboxylic acids is 1. The second-order valence-electron chi connectivity index (χ2n) is 4.42. The van der Waals surface area contributed by atoms with Crippen molar-refractivity contribution in [1.82, 2.24) is 10.3 Å². The van der Waals surface area contributed by atoms with Crippen LogP contribution in [0.4, 0.5) is 5.82 Å². The van der Waals surface area contributed by atoms with E-state index < -0.39 is 0 Å². The lowest BCUT2D eigenvalue weighted by Crippen LogP contribution is -2.24. The second-order valence-corrected chi connectivity index (χ2v) is 4.42. The second kappa shape index (κ2) is 5.68. The van der Waals surface area contributed by atoms with Crippen LogP contribution >= 0.6 is 0 Å².